The van der Waals surface area contributed by atoms with E-state index in [2.05, 4.69) is 20.8 Å². The summed E-state index contributed by atoms with van der Waals surface area (Å²) >= 11 is 1.19. The molecule has 0 aliphatic heterocycles. The van der Waals surface area contributed by atoms with E-state index in [0.717, 1.165) is 12.0 Å². The Hall–Kier alpha value is -3.13. The monoisotopic (exact) mass is 440 g/mol. The number of halogens is 1. The van der Waals surface area contributed by atoms with Gasteiger partial charge in [0, 0.05) is 12.0 Å². The molecule has 0 fully saturated rings. The summed E-state index contributed by atoms with van der Waals surface area (Å²) in [5, 5.41) is 14.6. The molecule has 0 saturated carbocycles. The highest BCUT2D eigenvalue weighted by molar-refractivity contribution is 7.18. The molecule has 0 saturated heterocycles. The predicted molar refractivity (Wildman–Crippen MR) is 120 cm³/mol. The summed E-state index contributed by atoms with van der Waals surface area (Å²) in [6.07, 6.45) is 1.64. The molecule has 31 heavy (non-hydrogen) atoms. The molecule has 3 aromatic rings. The van der Waals surface area contributed by atoms with Crippen molar-refractivity contribution in [1.29, 1.82) is 0 Å². The van der Waals surface area contributed by atoms with Gasteiger partial charge in [-0.2, -0.15) is 0 Å². The Morgan fingerprint density at radius 3 is 2.45 bits per heavy atom. The van der Waals surface area contributed by atoms with Crippen LogP contribution in [0, 0.1) is 11.7 Å². The highest BCUT2D eigenvalue weighted by Crippen LogP contribution is 2.26. The van der Waals surface area contributed by atoms with Gasteiger partial charge in [0.05, 0.1) is 0 Å². The zero-order valence-electron chi connectivity index (χ0n) is 17.5. The standard InChI is InChI=1S/C23H25FN4O2S/c1-3-15(2)20(25-19(29)14-9-16-7-5-4-6-8-16)21(30)26-23-28-27-22(31-23)17-10-12-18(24)13-11-17/h4-8,10-13,15,20H,3,9,14H2,1-2H3,(H,25,29)(H,26,28,30). The van der Waals surface area contributed by atoms with E-state index in [1.165, 1.54) is 23.5 Å². The van der Waals surface area contributed by atoms with Crippen molar-refractivity contribution in [2.45, 2.75) is 39.2 Å². The summed E-state index contributed by atoms with van der Waals surface area (Å²) in [6, 6.07) is 15.0. The van der Waals surface area contributed by atoms with Crippen LogP contribution in [0.5, 0.6) is 0 Å². The molecule has 2 unspecified atom stereocenters. The minimum Gasteiger partial charge on any atom is -0.344 e. The highest BCUT2D eigenvalue weighted by Gasteiger charge is 2.26. The topological polar surface area (TPSA) is 84.0 Å². The lowest BCUT2D eigenvalue weighted by atomic mass is 9.98. The second kappa shape index (κ2) is 10.8. The third-order valence-corrected chi connectivity index (χ3v) is 5.93. The van der Waals surface area contributed by atoms with Crippen LogP contribution in [0.2, 0.25) is 0 Å². The van der Waals surface area contributed by atoms with Gasteiger partial charge in [-0.3, -0.25) is 14.9 Å². The number of rotatable bonds is 9. The SMILES string of the molecule is CCC(C)C(NC(=O)CCc1ccccc1)C(=O)Nc1nnc(-c2ccc(F)cc2)s1. The van der Waals surface area contributed by atoms with Crippen molar-refractivity contribution in [2.24, 2.45) is 5.92 Å². The average Bonchev–Trinajstić information content (AvgIpc) is 3.25. The van der Waals surface area contributed by atoms with Crippen molar-refractivity contribution < 1.29 is 14.0 Å². The fourth-order valence-electron chi connectivity index (χ4n) is 3.02. The van der Waals surface area contributed by atoms with Gasteiger partial charge < -0.3 is 5.32 Å². The van der Waals surface area contributed by atoms with Gasteiger partial charge in [-0.25, -0.2) is 4.39 Å². The molecule has 2 aromatic carbocycles. The number of nitrogens with one attached hydrogen (secondary N) is 2. The molecule has 162 valence electrons. The number of nitrogens with zero attached hydrogens (tertiary/aromatic N) is 2. The van der Waals surface area contributed by atoms with Crippen molar-refractivity contribution in [3.8, 4) is 10.6 Å². The van der Waals surface area contributed by atoms with E-state index in [1.807, 2.05) is 44.2 Å². The van der Waals surface area contributed by atoms with Crippen LogP contribution < -0.4 is 10.6 Å². The van der Waals surface area contributed by atoms with Gasteiger partial charge >= 0.3 is 0 Å². The van der Waals surface area contributed by atoms with E-state index >= 15 is 0 Å². The fourth-order valence-corrected chi connectivity index (χ4v) is 3.77. The largest absolute Gasteiger partial charge is 0.344 e. The minimum absolute atomic E-state index is 0.0508. The van der Waals surface area contributed by atoms with Gasteiger partial charge in [-0.05, 0) is 42.2 Å². The van der Waals surface area contributed by atoms with Crippen LogP contribution in [0.3, 0.4) is 0 Å². The van der Waals surface area contributed by atoms with Crippen LogP contribution in [0.4, 0.5) is 9.52 Å². The van der Waals surface area contributed by atoms with Gasteiger partial charge in [0.2, 0.25) is 16.9 Å². The molecule has 0 bridgehead atoms. The second-order valence-electron chi connectivity index (χ2n) is 7.32. The van der Waals surface area contributed by atoms with E-state index in [-0.39, 0.29) is 23.5 Å². The molecule has 1 aromatic heterocycles. The van der Waals surface area contributed by atoms with E-state index in [0.29, 0.717) is 28.5 Å². The number of carbonyl (C=O) groups excluding carboxylic acids is 2. The van der Waals surface area contributed by atoms with Crippen molar-refractivity contribution in [1.82, 2.24) is 15.5 Å². The third-order valence-electron chi connectivity index (χ3n) is 5.04. The van der Waals surface area contributed by atoms with Crippen LogP contribution in [-0.4, -0.2) is 28.1 Å². The Bertz CT molecular complexity index is 1010. The Balaban J connectivity index is 1.62. The number of carbonyl (C=O) groups is 2. The van der Waals surface area contributed by atoms with Crippen LogP contribution in [0.25, 0.3) is 10.6 Å². The molecule has 0 radical (unpaired) electrons. The zero-order chi connectivity index (χ0) is 22.2. The number of hydrogen-bond donors (Lipinski definition) is 2. The molecule has 1 heterocycles. The molecule has 0 aliphatic carbocycles. The maximum absolute atomic E-state index is 13.1. The number of benzene rings is 2. The number of amides is 2. The second-order valence-corrected chi connectivity index (χ2v) is 8.30. The first-order chi connectivity index (χ1) is 15.0. The summed E-state index contributed by atoms with van der Waals surface area (Å²) < 4.78 is 13.1. The molecule has 0 spiro atoms. The first-order valence-electron chi connectivity index (χ1n) is 10.2. The number of anilines is 1. The molecular formula is C23H25FN4O2S. The Labute approximate surface area is 184 Å². The lowest BCUT2D eigenvalue weighted by Crippen LogP contribution is -2.47. The van der Waals surface area contributed by atoms with Gasteiger partial charge in [0.15, 0.2) is 0 Å². The minimum atomic E-state index is -0.675. The van der Waals surface area contributed by atoms with Crippen molar-refractivity contribution in [3.63, 3.8) is 0 Å². The molecule has 8 heteroatoms. The first kappa shape index (κ1) is 22.6. The normalized spacial score (nSPS) is 12.7. The lowest BCUT2D eigenvalue weighted by Gasteiger charge is -2.23. The van der Waals surface area contributed by atoms with Gasteiger partial charge in [0.25, 0.3) is 0 Å². The van der Waals surface area contributed by atoms with Crippen LogP contribution in [-0.2, 0) is 16.0 Å². The fraction of sp³-hybridized carbons (Fsp3) is 0.304. The molecule has 6 nitrogen and oxygen atoms in total. The van der Waals surface area contributed by atoms with Crippen molar-refractivity contribution in [2.75, 3.05) is 5.32 Å². The Kier molecular flexibility index (Phi) is 7.83. The predicted octanol–water partition coefficient (Wildman–Crippen LogP) is 4.45. The van der Waals surface area contributed by atoms with Crippen molar-refractivity contribution in [3.05, 3.63) is 66.0 Å². The van der Waals surface area contributed by atoms with E-state index in [9.17, 15) is 14.0 Å². The lowest BCUT2D eigenvalue weighted by molar-refractivity contribution is -0.127. The summed E-state index contributed by atoms with van der Waals surface area (Å²) in [5.41, 5.74) is 1.79. The first-order valence-corrected chi connectivity index (χ1v) is 11.0. The van der Waals surface area contributed by atoms with Crippen LogP contribution >= 0.6 is 11.3 Å². The van der Waals surface area contributed by atoms with Crippen molar-refractivity contribution >= 4 is 28.3 Å². The van der Waals surface area contributed by atoms with E-state index in [1.54, 1.807) is 12.1 Å². The zero-order valence-corrected chi connectivity index (χ0v) is 18.3. The molecule has 3 rings (SSSR count). The third kappa shape index (κ3) is 6.42. The molecule has 2 atom stereocenters. The van der Waals surface area contributed by atoms with Crippen LogP contribution in [0.15, 0.2) is 54.6 Å². The Morgan fingerprint density at radius 1 is 1.06 bits per heavy atom. The molecular weight excluding hydrogens is 415 g/mol. The smallest absolute Gasteiger partial charge is 0.249 e. The summed E-state index contributed by atoms with van der Waals surface area (Å²) in [5.74, 6) is -0.885. The summed E-state index contributed by atoms with van der Waals surface area (Å²) in [7, 11) is 0. The van der Waals surface area contributed by atoms with E-state index < -0.39 is 6.04 Å². The number of aromatic nitrogens is 2. The molecule has 2 amide bonds. The number of hydrogen-bond acceptors (Lipinski definition) is 5. The highest BCUT2D eigenvalue weighted by atomic mass is 32.1. The average molecular weight is 441 g/mol. The summed E-state index contributed by atoms with van der Waals surface area (Å²) in [6.45, 7) is 3.89. The molecule has 0 aliphatic rings. The maximum Gasteiger partial charge on any atom is 0.249 e. The van der Waals surface area contributed by atoms with Gasteiger partial charge in [-0.15, -0.1) is 10.2 Å². The molecule has 2 N–H and O–H groups in total. The van der Waals surface area contributed by atoms with E-state index in [4.69, 9.17) is 0 Å². The van der Waals surface area contributed by atoms with Gasteiger partial charge in [-0.1, -0.05) is 61.9 Å². The number of aryl methyl sites for hydroxylation is 1. The Morgan fingerprint density at radius 2 is 1.77 bits per heavy atom. The van der Waals surface area contributed by atoms with Gasteiger partial charge in [0.1, 0.15) is 16.9 Å². The summed E-state index contributed by atoms with van der Waals surface area (Å²) in [4.78, 5) is 25.4. The van der Waals surface area contributed by atoms with Crippen LogP contribution in [0.1, 0.15) is 32.3 Å². The quantitative estimate of drug-likeness (QED) is 0.515. The maximum atomic E-state index is 13.1.